The normalized spacial score (nSPS) is 10.2. The fourth-order valence-electron chi connectivity index (χ4n) is 2.59. The number of carbonyl (C=O) groups is 1. The van der Waals surface area contributed by atoms with Crippen LogP contribution < -0.4 is 10.1 Å². The summed E-state index contributed by atoms with van der Waals surface area (Å²) in [6, 6.07) is 22.8. The van der Waals surface area contributed by atoms with Gasteiger partial charge in [0.1, 0.15) is 11.3 Å². The second-order valence-electron chi connectivity index (χ2n) is 5.84. The fraction of sp³-hybridized carbons (Fsp3) is 0.0952. The monoisotopic (exact) mass is 362 g/mol. The van der Waals surface area contributed by atoms with Gasteiger partial charge in [0.2, 0.25) is 0 Å². The van der Waals surface area contributed by atoms with Crippen molar-refractivity contribution in [1.29, 1.82) is 0 Å². The lowest BCUT2D eigenvalue weighted by Gasteiger charge is -2.09. The molecule has 6 nitrogen and oxygen atoms in total. The van der Waals surface area contributed by atoms with Gasteiger partial charge >= 0.3 is 0 Å². The molecule has 3 aromatic carbocycles. The van der Waals surface area contributed by atoms with Crippen molar-refractivity contribution >= 4 is 17.3 Å². The van der Waals surface area contributed by atoms with Gasteiger partial charge in [0.05, 0.1) is 11.5 Å². The summed E-state index contributed by atoms with van der Waals surface area (Å²) < 4.78 is 5.70. The number of para-hydroxylation sites is 1. The summed E-state index contributed by atoms with van der Waals surface area (Å²) in [4.78, 5) is 22.8. The van der Waals surface area contributed by atoms with E-state index in [-0.39, 0.29) is 11.3 Å². The molecule has 136 valence electrons. The van der Waals surface area contributed by atoms with Crippen molar-refractivity contribution in [2.45, 2.75) is 6.42 Å². The second kappa shape index (κ2) is 8.62. The van der Waals surface area contributed by atoms with Crippen LogP contribution in [0.3, 0.4) is 0 Å². The van der Waals surface area contributed by atoms with E-state index in [1.807, 2.05) is 30.3 Å². The van der Waals surface area contributed by atoms with Gasteiger partial charge in [-0.3, -0.25) is 14.9 Å². The van der Waals surface area contributed by atoms with E-state index in [1.54, 1.807) is 30.3 Å². The van der Waals surface area contributed by atoms with E-state index in [9.17, 15) is 14.9 Å². The maximum atomic E-state index is 12.3. The lowest BCUT2D eigenvalue weighted by atomic mass is 10.1. The molecule has 0 heterocycles. The predicted octanol–water partition coefficient (Wildman–Crippen LogP) is 4.47. The number of rotatable bonds is 7. The molecule has 0 saturated carbocycles. The molecule has 0 bridgehead atoms. The van der Waals surface area contributed by atoms with Crippen molar-refractivity contribution in [3.05, 3.63) is 100 Å². The molecule has 1 N–H and O–H groups in total. The summed E-state index contributed by atoms with van der Waals surface area (Å²) in [5.41, 5.74) is 1.53. The molecule has 0 aliphatic rings. The molecule has 3 aromatic rings. The van der Waals surface area contributed by atoms with Crippen LogP contribution >= 0.6 is 0 Å². The third-order valence-electron chi connectivity index (χ3n) is 3.96. The van der Waals surface area contributed by atoms with E-state index in [2.05, 4.69) is 5.32 Å². The fourth-order valence-corrected chi connectivity index (χ4v) is 2.59. The van der Waals surface area contributed by atoms with Crippen LogP contribution in [-0.2, 0) is 6.42 Å². The van der Waals surface area contributed by atoms with Crippen molar-refractivity contribution in [3.63, 3.8) is 0 Å². The molecule has 6 heteroatoms. The van der Waals surface area contributed by atoms with Gasteiger partial charge in [-0.1, -0.05) is 42.5 Å². The molecule has 27 heavy (non-hydrogen) atoms. The van der Waals surface area contributed by atoms with E-state index in [1.165, 1.54) is 23.8 Å². The van der Waals surface area contributed by atoms with Crippen LogP contribution in [-0.4, -0.2) is 17.4 Å². The molecule has 0 saturated heterocycles. The minimum atomic E-state index is -0.571. The first-order valence-corrected chi connectivity index (χ1v) is 8.45. The van der Waals surface area contributed by atoms with Gasteiger partial charge in [0, 0.05) is 18.2 Å². The summed E-state index contributed by atoms with van der Waals surface area (Å²) in [5, 5.41) is 13.7. The predicted molar refractivity (Wildman–Crippen MR) is 103 cm³/mol. The first-order valence-electron chi connectivity index (χ1n) is 8.45. The smallest absolute Gasteiger partial charge is 0.282 e. The van der Waals surface area contributed by atoms with Crippen LogP contribution in [0.2, 0.25) is 0 Å². The maximum absolute atomic E-state index is 12.3. The maximum Gasteiger partial charge on any atom is 0.282 e. The highest BCUT2D eigenvalue weighted by Gasteiger charge is 2.19. The largest absolute Gasteiger partial charge is 0.493 e. The summed E-state index contributed by atoms with van der Waals surface area (Å²) in [6.07, 6.45) is 0.803. The first-order chi connectivity index (χ1) is 13.1. The minimum Gasteiger partial charge on any atom is -0.493 e. The van der Waals surface area contributed by atoms with E-state index in [4.69, 9.17) is 4.74 Å². The SMILES string of the molecule is O=C(Nc1ccc(OCCc2ccccc2)cc1)c1ccccc1[N+](=O)[O-]. The van der Waals surface area contributed by atoms with Crippen molar-refractivity contribution in [1.82, 2.24) is 0 Å². The Labute approximate surface area is 156 Å². The number of carbonyl (C=O) groups excluding carboxylic acids is 1. The van der Waals surface area contributed by atoms with Crippen LogP contribution in [0.4, 0.5) is 11.4 Å². The summed E-state index contributed by atoms with van der Waals surface area (Å²) >= 11 is 0. The van der Waals surface area contributed by atoms with Gasteiger partial charge in [-0.05, 0) is 35.9 Å². The average molecular weight is 362 g/mol. The van der Waals surface area contributed by atoms with Crippen molar-refractivity contribution in [2.75, 3.05) is 11.9 Å². The standard InChI is InChI=1S/C21H18N2O4/c24-21(19-8-4-5-9-20(19)23(25)26)22-17-10-12-18(13-11-17)27-15-14-16-6-2-1-3-7-16/h1-13H,14-15H2,(H,22,24). The lowest BCUT2D eigenvalue weighted by molar-refractivity contribution is -0.385. The van der Waals surface area contributed by atoms with Crippen molar-refractivity contribution in [3.8, 4) is 5.75 Å². The number of nitrogens with zero attached hydrogens (tertiary/aromatic N) is 1. The zero-order chi connectivity index (χ0) is 19.1. The number of nitro benzene ring substituents is 1. The molecule has 0 spiro atoms. The Morgan fingerprint density at radius 1 is 0.926 bits per heavy atom. The molecule has 0 aliphatic carbocycles. The molecule has 0 atom stereocenters. The number of benzene rings is 3. The van der Waals surface area contributed by atoms with E-state index >= 15 is 0 Å². The number of anilines is 1. The van der Waals surface area contributed by atoms with E-state index < -0.39 is 10.8 Å². The van der Waals surface area contributed by atoms with Gasteiger partial charge in [-0.25, -0.2) is 0 Å². The van der Waals surface area contributed by atoms with Crippen LogP contribution in [0.15, 0.2) is 78.9 Å². The summed E-state index contributed by atoms with van der Waals surface area (Å²) in [5.74, 6) is 0.162. The number of nitrogens with one attached hydrogen (secondary N) is 1. The average Bonchev–Trinajstić information content (AvgIpc) is 2.70. The molecule has 3 rings (SSSR count). The molecule has 0 fully saturated rings. The number of hydrogen-bond donors (Lipinski definition) is 1. The Bertz CT molecular complexity index is 924. The van der Waals surface area contributed by atoms with Gasteiger partial charge < -0.3 is 10.1 Å². The number of ether oxygens (including phenoxy) is 1. The highest BCUT2D eigenvalue weighted by molar-refractivity contribution is 6.07. The molecule has 1 amide bonds. The Morgan fingerprint density at radius 3 is 2.30 bits per heavy atom. The van der Waals surface area contributed by atoms with E-state index in [0.717, 1.165) is 6.42 Å². The zero-order valence-corrected chi connectivity index (χ0v) is 14.5. The summed E-state index contributed by atoms with van der Waals surface area (Å²) in [7, 11) is 0. The quantitative estimate of drug-likeness (QED) is 0.497. The van der Waals surface area contributed by atoms with Crippen LogP contribution in [0.25, 0.3) is 0 Å². The number of hydrogen-bond acceptors (Lipinski definition) is 4. The highest BCUT2D eigenvalue weighted by atomic mass is 16.6. The first kappa shape index (κ1) is 18.1. The van der Waals surface area contributed by atoms with Gasteiger partial charge in [-0.15, -0.1) is 0 Å². The molecule has 0 unspecified atom stereocenters. The Morgan fingerprint density at radius 2 is 1.59 bits per heavy atom. The van der Waals surface area contributed by atoms with Crippen LogP contribution in [0, 0.1) is 10.1 Å². The highest BCUT2D eigenvalue weighted by Crippen LogP contribution is 2.21. The van der Waals surface area contributed by atoms with Gasteiger partial charge in [0.25, 0.3) is 11.6 Å². The topological polar surface area (TPSA) is 81.5 Å². The third kappa shape index (κ3) is 4.92. The van der Waals surface area contributed by atoms with Crippen LogP contribution in [0.1, 0.15) is 15.9 Å². The molecule has 0 radical (unpaired) electrons. The Hall–Kier alpha value is -3.67. The molecule has 0 aromatic heterocycles. The molecule has 0 aliphatic heterocycles. The molecular weight excluding hydrogens is 344 g/mol. The minimum absolute atomic E-state index is 0.0192. The summed E-state index contributed by atoms with van der Waals surface area (Å²) in [6.45, 7) is 0.548. The van der Waals surface area contributed by atoms with Crippen LogP contribution in [0.5, 0.6) is 5.75 Å². The molecular formula is C21H18N2O4. The Kier molecular flexibility index (Phi) is 5.79. The van der Waals surface area contributed by atoms with Crippen molar-refractivity contribution in [2.24, 2.45) is 0 Å². The second-order valence-corrected chi connectivity index (χ2v) is 5.84. The number of nitro groups is 1. The lowest BCUT2D eigenvalue weighted by Crippen LogP contribution is -2.13. The third-order valence-corrected chi connectivity index (χ3v) is 3.96. The van der Waals surface area contributed by atoms with Gasteiger partial charge in [0.15, 0.2) is 0 Å². The van der Waals surface area contributed by atoms with E-state index in [0.29, 0.717) is 18.0 Å². The Balaban J connectivity index is 1.57. The van der Waals surface area contributed by atoms with Crippen molar-refractivity contribution < 1.29 is 14.5 Å². The van der Waals surface area contributed by atoms with Gasteiger partial charge in [-0.2, -0.15) is 0 Å². The zero-order valence-electron chi connectivity index (χ0n) is 14.5. The number of amides is 1.